The molecule has 1 saturated carbocycles. The van der Waals surface area contributed by atoms with Crippen LogP contribution in [0, 0.1) is 0 Å². The van der Waals surface area contributed by atoms with Gasteiger partial charge in [0.1, 0.15) is 0 Å². The average Bonchev–Trinajstić information content (AvgIpc) is 3.09. The first kappa shape index (κ1) is 21.3. The van der Waals surface area contributed by atoms with E-state index in [4.69, 9.17) is 27.9 Å². The number of Topliss-reactive ketones (excluding diaryl/α,β-unsaturated/α-hetero) is 1. The molecule has 1 heterocycles. The summed E-state index contributed by atoms with van der Waals surface area (Å²) in [6.45, 7) is 0.131. The number of carbonyl (C=O) groups excluding carboxylic acids is 3. The predicted octanol–water partition coefficient (Wildman–Crippen LogP) is 3.81. The topological polar surface area (TPSA) is 90.3 Å². The number of aromatic nitrogens is 2. The maximum atomic E-state index is 12.8. The van der Waals surface area contributed by atoms with Crippen molar-refractivity contribution in [1.82, 2.24) is 15.1 Å². The van der Waals surface area contributed by atoms with Crippen molar-refractivity contribution in [1.29, 1.82) is 0 Å². The minimum absolute atomic E-state index is 0.0918. The first-order chi connectivity index (χ1) is 14.0. The van der Waals surface area contributed by atoms with E-state index in [-0.39, 0.29) is 58.7 Å². The van der Waals surface area contributed by atoms with E-state index in [2.05, 4.69) is 10.4 Å². The van der Waals surface area contributed by atoms with Gasteiger partial charge in [0.2, 0.25) is 0 Å². The van der Waals surface area contributed by atoms with E-state index in [0.717, 1.165) is 25.7 Å². The molecular formula is C20H21Cl2N3O4. The summed E-state index contributed by atoms with van der Waals surface area (Å²) in [5.41, 5.74) is 0.738. The van der Waals surface area contributed by atoms with Crippen molar-refractivity contribution in [2.24, 2.45) is 0 Å². The number of halogens is 2. The van der Waals surface area contributed by atoms with Crippen LogP contribution in [0.5, 0.6) is 0 Å². The van der Waals surface area contributed by atoms with Gasteiger partial charge in [-0.3, -0.25) is 14.4 Å². The molecule has 0 aliphatic heterocycles. The van der Waals surface area contributed by atoms with E-state index in [1.165, 1.54) is 17.3 Å². The zero-order chi connectivity index (χ0) is 20.8. The lowest BCUT2D eigenvalue weighted by atomic mass is 9.95. The van der Waals surface area contributed by atoms with Crippen molar-refractivity contribution < 1.29 is 19.1 Å². The van der Waals surface area contributed by atoms with Crippen LogP contribution in [0.15, 0.2) is 24.4 Å². The number of ketones is 1. The number of carbonyl (C=O) groups is 3. The van der Waals surface area contributed by atoms with E-state index >= 15 is 0 Å². The SMILES string of the molecule is O=COCn1cc(CC(=O)c2c(Cl)cccc2Cl)c(C(=O)NC2CCCCC2)n1. The van der Waals surface area contributed by atoms with Gasteiger partial charge in [0, 0.05) is 24.2 Å². The Hall–Kier alpha value is -2.38. The van der Waals surface area contributed by atoms with Crippen LogP contribution in [0.2, 0.25) is 10.0 Å². The lowest BCUT2D eigenvalue weighted by Gasteiger charge is -2.22. The number of rotatable bonds is 8. The van der Waals surface area contributed by atoms with Gasteiger partial charge in [-0.05, 0) is 25.0 Å². The fourth-order valence-corrected chi connectivity index (χ4v) is 4.09. The lowest BCUT2D eigenvalue weighted by molar-refractivity contribution is -0.132. The maximum Gasteiger partial charge on any atom is 0.294 e. The summed E-state index contributed by atoms with van der Waals surface area (Å²) < 4.78 is 6.01. The van der Waals surface area contributed by atoms with Crippen molar-refractivity contribution in [3.8, 4) is 0 Å². The minimum Gasteiger partial charge on any atom is -0.445 e. The van der Waals surface area contributed by atoms with E-state index < -0.39 is 0 Å². The van der Waals surface area contributed by atoms with Gasteiger partial charge in [-0.1, -0.05) is 48.5 Å². The zero-order valence-electron chi connectivity index (χ0n) is 15.7. The average molecular weight is 438 g/mol. The van der Waals surface area contributed by atoms with Crippen LogP contribution >= 0.6 is 23.2 Å². The number of nitrogens with zero attached hydrogens (tertiary/aromatic N) is 2. The molecule has 1 aliphatic rings. The van der Waals surface area contributed by atoms with Crippen LogP contribution in [-0.2, 0) is 22.7 Å². The van der Waals surface area contributed by atoms with Gasteiger partial charge in [-0.25, -0.2) is 4.68 Å². The summed E-state index contributed by atoms with van der Waals surface area (Å²) in [6, 6.07) is 4.91. The maximum absolute atomic E-state index is 12.8. The molecule has 154 valence electrons. The molecule has 0 radical (unpaired) electrons. The smallest absolute Gasteiger partial charge is 0.294 e. The molecule has 1 aromatic heterocycles. The summed E-state index contributed by atoms with van der Waals surface area (Å²) in [5, 5.41) is 7.69. The molecule has 7 nitrogen and oxygen atoms in total. The molecule has 0 atom stereocenters. The third-order valence-electron chi connectivity index (χ3n) is 4.86. The molecule has 0 spiro atoms. The van der Waals surface area contributed by atoms with Gasteiger partial charge < -0.3 is 10.1 Å². The van der Waals surface area contributed by atoms with Gasteiger partial charge in [0.05, 0.1) is 15.6 Å². The van der Waals surface area contributed by atoms with Crippen molar-refractivity contribution >= 4 is 41.4 Å². The van der Waals surface area contributed by atoms with Gasteiger partial charge >= 0.3 is 0 Å². The number of benzene rings is 1. The molecule has 29 heavy (non-hydrogen) atoms. The van der Waals surface area contributed by atoms with Crippen LogP contribution < -0.4 is 5.32 Å². The van der Waals surface area contributed by atoms with Gasteiger partial charge in [-0.15, -0.1) is 0 Å². The summed E-state index contributed by atoms with van der Waals surface area (Å²) in [5.74, 6) is -0.682. The third kappa shape index (κ3) is 5.36. The Bertz CT molecular complexity index is 887. The Labute approximate surface area is 178 Å². The fourth-order valence-electron chi connectivity index (χ4n) is 3.48. The highest BCUT2D eigenvalue weighted by Gasteiger charge is 2.24. The molecule has 9 heteroatoms. The fraction of sp³-hybridized carbons (Fsp3) is 0.400. The van der Waals surface area contributed by atoms with Crippen molar-refractivity contribution in [3.05, 3.63) is 51.3 Å². The standard InChI is InChI=1S/C20H21Cl2N3O4/c21-15-7-4-8-16(22)18(15)17(27)9-13-10-25(11-29-12-26)24-19(13)20(28)23-14-5-2-1-3-6-14/h4,7-8,10,12,14H,1-3,5-6,9,11H2,(H,23,28). The summed E-state index contributed by atoms with van der Waals surface area (Å²) in [4.78, 5) is 36.1. The molecule has 3 rings (SSSR count). The van der Waals surface area contributed by atoms with Gasteiger partial charge in [0.15, 0.2) is 18.2 Å². The Morgan fingerprint density at radius 1 is 1.21 bits per heavy atom. The predicted molar refractivity (Wildman–Crippen MR) is 108 cm³/mol. The normalized spacial score (nSPS) is 14.4. The molecule has 1 aliphatic carbocycles. The Balaban J connectivity index is 1.83. The van der Waals surface area contributed by atoms with E-state index in [1.807, 2.05) is 0 Å². The largest absolute Gasteiger partial charge is 0.445 e. The number of nitrogens with one attached hydrogen (secondary N) is 1. The van der Waals surface area contributed by atoms with Gasteiger partial charge in [0.25, 0.3) is 12.4 Å². The number of amides is 1. The summed E-state index contributed by atoms with van der Waals surface area (Å²) >= 11 is 12.3. The minimum atomic E-state index is -0.352. The highest BCUT2D eigenvalue weighted by molar-refractivity contribution is 6.39. The van der Waals surface area contributed by atoms with E-state index in [9.17, 15) is 14.4 Å². The third-order valence-corrected chi connectivity index (χ3v) is 5.49. The van der Waals surface area contributed by atoms with Crippen LogP contribution in [0.4, 0.5) is 0 Å². The number of hydrogen-bond acceptors (Lipinski definition) is 5. The highest BCUT2D eigenvalue weighted by Crippen LogP contribution is 2.26. The zero-order valence-corrected chi connectivity index (χ0v) is 17.2. The highest BCUT2D eigenvalue weighted by atomic mass is 35.5. The second-order valence-corrected chi connectivity index (χ2v) is 7.75. The molecule has 0 saturated heterocycles. The summed E-state index contributed by atoms with van der Waals surface area (Å²) in [6.07, 6.45) is 6.56. The Morgan fingerprint density at radius 2 is 1.90 bits per heavy atom. The molecule has 1 N–H and O–H groups in total. The molecule has 1 amide bonds. The van der Waals surface area contributed by atoms with E-state index in [0.29, 0.717) is 5.56 Å². The number of ether oxygens (including phenoxy) is 1. The lowest BCUT2D eigenvalue weighted by Crippen LogP contribution is -2.37. The van der Waals surface area contributed by atoms with Crippen molar-refractivity contribution in [3.63, 3.8) is 0 Å². The van der Waals surface area contributed by atoms with Crippen LogP contribution in [0.3, 0.4) is 0 Å². The van der Waals surface area contributed by atoms with Crippen molar-refractivity contribution in [2.75, 3.05) is 0 Å². The van der Waals surface area contributed by atoms with E-state index in [1.54, 1.807) is 18.2 Å². The number of hydrogen-bond donors (Lipinski definition) is 1. The van der Waals surface area contributed by atoms with Crippen LogP contribution in [0.25, 0.3) is 0 Å². The molecule has 1 aromatic carbocycles. The van der Waals surface area contributed by atoms with Crippen LogP contribution in [0.1, 0.15) is 58.5 Å². The summed E-state index contributed by atoms with van der Waals surface area (Å²) in [7, 11) is 0. The first-order valence-electron chi connectivity index (χ1n) is 9.39. The monoisotopic (exact) mass is 437 g/mol. The molecule has 0 bridgehead atoms. The quantitative estimate of drug-likeness (QED) is 0.500. The second-order valence-electron chi connectivity index (χ2n) is 6.94. The first-order valence-corrected chi connectivity index (χ1v) is 10.1. The molecule has 1 fully saturated rings. The Morgan fingerprint density at radius 3 is 2.55 bits per heavy atom. The van der Waals surface area contributed by atoms with Crippen molar-refractivity contribution in [2.45, 2.75) is 51.3 Å². The molecule has 0 unspecified atom stereocenters. The Kier molecular flexibility index (Phi) is 7.28. The molecular weight excluding hydrogens is 417 g/mol. The van der Waals surface area contributed by atoms with Crippen LogP contribution in [-0.4, -0.2) is 34.0 Å². The molecule has 2 aromatic rings. The second kappa shape index (κ2) is 9.89. The van der Waals surface area contributed by atoms with Gasteiger partial charge in [-0.2, -0.15) is 5.10 Å².